The molecule has 0 atom stereocenters. The van der Waals surface area contributed by atoms with E-state index in [1.807, 2.05) is 6.92 Å². The van der Waals surface area contributed by atoms with Crippen molar-refractivity contribution in [1.29, 1.82) is 0 Å². The standard InChI is InChI=1S/C13H20BrN3O2/c1-2-10-12(14)13(16-15-10)11(18)4-3-5-17-6-8-19-9-7-17/h2-9H2,1H3,(H,15,16). The van der Waals surface area contributed by atoms with Gasteiger partial charge in [-0.2, -0.15) is 5.10 Å². The molecule has 0 aliphatic carbocycles. The van der Waals surface area contributed by atoms with Crippen molar-refractivity contribution in [3.63, 3.8) is 0 Å². The highest BCUT2D eigenvalue weighted by Crippen LogP contribution is 2.21. The Balaban J connectivity index is 1.78. The molecule has 1 saturated heterocycles. The maximum Gasteiger partial charge on any atom is 0.184 e. The number of carbonyl (C=O) groups excluding carboxylic acids is 1. The molecule has 1 aromatic rings. The Hall–Kier alpha value is -0.720. The molecule has 19 heavy (non-hydrogen) atoms. The fourth-order valence-corrected chi connectivity index (χ4v) is 2.87. The van der Waals surface area contributed by atoms with Crippen molar-refractivity contribution in [2.24, 2.45) is 0 Å². The molecular weight excluding hydrogens is 310 g/mol. The highest BCUT2D eigenvalue weighted by Gasteiger charge is 2.17. The number of halogens is 1. The molecule has 0 spiro atoms. The molecular formula is C13H20BrN3O2. The number of ether oxygens (including phenoxy) is 1. The van der Waals surface area contributed by atoms with Crippen LogP contribution in [0.2, 0.25) is 0 Å². The summed E-state index contributed by atoms with van der Waals surface area (Å²) in [5.41, 5.74) is 1.52. The summed E-state index contributed by atoms with van der Waals surface area (Å²) in [5, 5.41) is 7.00. The molecule has 0 amide bonds. The molecule has 106 valence electrons. The number of hydrogen-bond donors (Lipinski definition) is 1. The van der Waals surface area contributed by atoms with Crippen molar-refractivity contribution in [3.05, 3.63) is 15.9 Å². The van der Waals surface area contributed by atoms with Crippen LogP contribution >= 0.6 is 15.9 Å². The maximum absolute atomic E-state index is 12.1. The number of ketones is 1. The van der Waals surface area contributed by atoms with Crippen LogP contribution < -0.4 is 0 Å². The van der Waals surface area contributed by atoms with Crippen LogP contribution in [0.15, 0.2) is 4.47 Å². The Morgan fingerprint density at radius 1 is 1.47 bits per heavy atom. The van der Waals surface area contributed by atoms with Crippen LogP contribution in [0.25, 0.3) is 0 Å². The van der Waals surface area contributed by atoms with Gasteiger partial charge in [-0.15, -0.1) is 0 Å². The van der Waals surface area contributed by atoms with Crippen molar-refractivity contribution in [1.82, 2.24) is 15.1 Å². The first-order chi connectivity index (χ1) is 9.22. The van der Waals surface area contributed by atoms with Crippen molar-refractivity contribution in [2.45, 2.75) is 26.2 Å². The summed E-state index contributed by atoms with van der Waals surface area (Å²) >= 11 is 3.44. The Bertz CT molecular complexity index is 428. The molecule has 0 aromatic carbocycles. The zero-order chi connectivity index (χ0) is 13.7. The van der Waals surface area contributed by atoms with E-state index in [-0.39, 0.29) is 5.78 Å². The zero-order valence-electron chi connectivity index (χ0n) is 11.2. The molecule has 1 fully saturated rings. The van der Waals surface area contributed by atoms with Crippen LogP contribution in [-0.4, -0.2) is 53.7 Å². The maximum atomic E-state index is 12.1. The third-order valence-corrected chi connectivity index (χ3v) is 4.23. The smallest absolute Gasteiger partial charge is 0.184 e. The Kier molecular flexibility index (Phi) is 5.54. The van der Waals surface area contributed by atoms with E-state index in [0.29, 0.717) is 12.1 Å². The van der Waals surface area contributed by atoms with E-state index in [2.05, 4.69) is 31.0 Å². The van der Waals surface area contributed by atoms with Gasteiger partial charge in [0.1, 0.15) is 5.69 Å². The fourth-order valence-electron chi connectivity index (χ4n) is 2.19. The number of rotatable bonds is 6. The molecule has 6 heteroatoms. The molecule has 0 bridgehead atoms. The van der Waals surface area contributed by atoms with E-state index in [0.717, 1.165) is 55.9 Å². The number of hydrogen-bond acceptors (Lipinski definition) is 4. The second-order valence-electron chi connectivity index (χ2n) is 4.70. The monoisotopic (exact) mass is 329 g/mol. The Morgan fingerprint density at radius 3 is 2.84 bits per heavy atom. The molecule has 0 unspecified atom stereocenters. The van der Waals surface area contributed by atoms with Gasteiger partial charge in [0, 0.05) is 25.2 Å². The fraction of sp³-hybridized carbons (Fsp3) is 0.692. The number of Topliss-reactive ketones (excluding diaryl/α,β-unsaturated/α-hetero) is 1. The minimum Gasteiger partial charge on any atom is -0.379 e. The van der Waals surface area contributed by atoms with E-state index in [4.69, 9.17) is 4.74 Å². The van der Waals surface area contributed by atoms with Crippen LogP contribution in [0, 0.1) is 0 Å². The summed E-state index contributed by atoms with van der Waals surface area (Å²) in [6.45, 7) is 6.54. The van der Waals surface area contributed by atoms with E-state index < -0.39 is 0 Å². The van der Waals surface area contributed by atoms with Crippen LogP contribution in [0.5, 0.6) is 0 Å². The predicted molar refractivity (Wildman–Crippen MR) is 76.5 cm³/mol. The first-order valence-electron chi connectivity index (χ1n) is 6.78. The van der Waals surface area contributed by atoms with Crippen LogP contribution in [0.4, 0.5) is 0 Å². The molecule has 5 nitrogen and oxygen atoms in total. The molecule has 1 aliphatic rings. The zero-order valence-corrected chi connectivity index (χ0v) is 12.8. The molecule has 1 N–H and O–H groups in total. The van der Waals surface area contributed by atoms with E-state index in [1.54, 1.807) is 0 Å². The summed E-state index contributed by atoms with van der Waals surface area (Å²) in [5.74, 6) is 0.107. The first kappa shape index (κ1) is 14.7. The second-order valence-corrected chi connectivity index (χ2v) is 5.49. The van der Waals surface area contributed by atoms with Crippen LogP contribution in [0.1, 0.15) is 35.9 Å². The normalized spacial score (nSPS) is 16.7. The lowest BCUT2D eigenvalue weighted by Gasteiger charge is -2.26. The second kappa shape index (κ2) is 7.17. The highest BCUT2D eigenvalue weighted by molar-refractivity contribution is 9.10. The minimum absolute atomic E-state index is 0.107. The number of carbonyl (C=O) groups is 1. The summed E-state index contributed by atoms with van der Waals surface area (Å²) in [7, 11) is 0. The molecule has 1 aromatic heterocycles. The summed E-state index contributed by atoms with van der Waals surface area (Å²) in [4.78, 5) is 14.4. The van der Waals surface area contributed by atoms with Gasteiger partial charge in [0.2, 0.25) is 0 Å². The molecule has 0 saturated carbocycles. The van der Waals surface area contributed by atoms with E-state index in [9.17, 15) is 4.79 Å². The number of aromatic amines is 1. The summed E-state index contributed by atoms with van der Waals surface area (Å²) in [6, 6.07) is 0. The van der Waals surface area contributed by atoms with E-state index >= 15 is 0 Å². The minimum atomic E-state index is 0.107. The number of morpholine rings is 1. The molecule has 1 aliphatic heterocycles. The third-order valence-electron chi connectivity index (χ3n) is 3.38. The third kappa shape index (κ3) is 3.87. The van der Waals surface area contributed by atoms with Gasteiger partial charge >= 0.3 is 0 Å². The van der Waals surface area contributed by atoms with Gasteiger partial charge in [-0.25, -0.2) is 0 Å². The lowest BCUT2D eigenvalue weighted by Crippen LogP contribution is -2.36. The van der Waals surface area contributed by atoms with Crippen molar-refractivity contribution in [2.75, 3.05) is 32.8 Å². The highest BCUT2D eigenvalue weighted by atomic mass is 79.9. The van der Waals surface area contributed by atoms with Gasteiger partial charge in [0.25, 0.3) is 0 Å². The van der Waals surface area contributed by atoms with Crippen molar-refractivity contribution < 1.29 is 9.53 Å². The quantitative estimate of drug-likeness (QED) is 0.811. The lowest BCUT2D eigenvalue weighted by molar-refractivity contribution is 0.0371. The average Bonchev–Trinajstić information content (AvgIpc) is 2.81. The number of nitrogens with one attached hydrogen (secondary N) is 1. The number of aryl methyl sites for hydroxylation is 1. The molecule has 2 rings (SSSR count). The molecule has 0 radical (unpaired) electrons. The number of aromatic nitrogens is 2. The SMILES string of the molecule is CCc1[nH]nc(C(=O)CCCN2CCOCC2)c1Br. The van der Waals surface area contributed by atoms with Gasteiger partial charge in [-0.3, -0.25) is 14.8 Å². The van der Waals surface area contributed by atoms with Gasteiger partial charge < -0.3 is 4.74 Å². The molecule has 2 heterocycles. The Labute approximate surface area is 121 Å². The van der Waals surface area contributed by atoms with Crippen LogP contribution in [0.3, 0.4) is 0 Å². The van der Waals surface area contributed by atoms with E-state index in [1.165, 1.54) is 0 Å². The average molecular weight is 330 g/mol. The van der Waals surface area contributed by atoms with Crippen molar-refractivity contribution in [3.8, 4) is 0 Å². The van der Waals surface area contributed by atoms with Gasteiger partial charge in [0.15, 0.2) is 5.78 Å². The Morgan fingerprint density at radius 2 is 2.21 bits per heavy atom. The van der Waals surface area contributed by atoms with Crippen LogP contribution in [-0.2, 0) is 11.2 Å². The largest absolute Gasteiger partial charge is 0.379 e. The lowest BCUT2D eigenvalue weighted by atomic mass is 10.1. The number of nitrogens with zero attached hydrogens (tertiary/aromatic N) is 2. The predicted octanol–water partition coefficient (Wildman–Crippen LogP) is 2.03. The topological polar surface area (TPSA) is 58.2 Å². The van der Waals surface area contributed by atoms with Gasteiger partial charge in [-0.1, -0.05) is 6.92 Å². The van der Waals surface area contributed by atoms with Gasteiger partial charge in [-0.05, 0) is 35.3 Å². The first-order valence-corrected chi connectivity index (χ1v) is 7.57. The van der Waals surface area contributed by atoms with Gasteiger partial charge in [0.05, 0.1) is 17.7 Å². The summed E-state index contributed by atoms with van der Waals surface area (Å²) in [6.07, 6.45) is 2.26. The summed E-state index contributed by atoms with van der Waals surface area (Å²) < 4.78 is 6.12. The number of H-pyrrole nitrogens is 1. The van der Waals surface area contributed by atoms with Crippen molar-refractivity contribution >= 4 is 21.7 Å².